The van der Waals surface area contributed by atoms with E-state index in [4.69, 9.17) is 50.0 Å². The maximum absolute atomic E-state index is 12.3. The number of carbonyl (C=O) groups is 5. The van der Waals surface area contributed by atoms with Crippen LogP contribution in [0.1, 0.15) is 96.2 Å². The first-order valence-electron chi connectivity index (χ1n) is 43.6. The number of nitrogen functional groups attached to an aromatic ring is 1. The van der Waals surface area contributed by atoms with Crippen LogP contribution in [0.5, 0.6) is 0 Å². The average molecular weight is 1960 g/mol. The Balaban J connectivity index is 0.000000149. The molecule has 7 N–H and O–H groups in total. The number of cyclic esters (lactones) is 2. The number of carbonyl (C=O) groups excluding carboxylic acids is 5. The summed E-state index contributed by atoms with van der Waals surface area (Å²) in [6.45, 7) is 23.2. The van der Waals surface area contributed by atoms with Gasteiger partial charge in [-0.1, -0.05) is 34.8 Å². The zero-order valence-electron chi connectivity index (χ0n) is 76.5. The third-order valence-corrected chi connectivity index (χ3v) is 26.3. The zero-order chi connectivity index (χ0) is 96.5. The van der Waals surface area contributed by atoms with Crippen molar-refractivity contribution in [2.75, 3.05) is 184 Å². The smallest absolute Gasteiger partial charge is 0.414 e. The molecule has 2 saturated heterocycles. The normalized spacial score (nSPS) is 17.1. The Labute approximate surface area is 810 Å². The second-order valence-corrected chi connectivity index (χ2v) is 37.3. The minimum absolute atomic E-state index is 0.0219. The van der Waals surface area contributed by atoms with E-state index in [0.29, 0.717) is 73.0 Å². The maximum atomic E-state index is 12.3. The summed E-state index contributed by atoms with van der Waals surface area (Å²) >= 11 is 21.4. The van der Waals surface area contributed by atoms with Crippen molar-refractivity contribution in [1.29, 1.82) is 0 Å². The van der Waals surface area contributed by atoms with Gasteiger partial charge < -0.3 is 50.5 Å². The van der Waals surface area contributed by atoms with Crippen molar-refractivity contribution in [1.82, 2.24) is 35.8 Å². The van der Waals surface area contributed by atoms with E-state index in [2.05, 4.69) is 78.5 Å². The fraction of sp³-hybridized carbons (Fsp3) is 0.359. The number of nitrogens with two attached hydrogens (primary N) is 1. The first-order valence-corrected chi connectivity index (χ1v) is 47.2. The van der Waals surface area contributed by atoms with Crippen LogP contribution in [-0.4, -0.2) is 250 Å². The number of hydrazine groups is 2. The Morgan fingerprint density at radius 2 is 0.770 bits per heavy atom. The number of aliphatic hydroxyl groups is 1. The van der Waals surface area contributed by atoms with Gasteiger partial charge in [-0.05, 0) is 212 Å². The Kier molecular flexibility index (Phi) is 35.8. The number of aliphatic hydroxyl groups excluding tert-OH is 1. The molecule has 0 unspecified atom stereocenters. The van der Waals surface area contributed by atoms with Gasteiger partial charge in [-0.2, -0.15) is 20.4 Å². The average Bonchev–Trinajstić information content (AvgIpc) is 1.72. The number of likely N-dealkylation sites (N-methyl/N-ethyl adjacent to an activating group) is 4. The molecule has 3 atom stereocenters. The molecule has 6 aromatic carbocycles. The number of ketones is 2. The van der Waals surface area contributed by atoms with Gasteiger partial charge in [-0.15, -0.1) is 34.0 Å². The first kappa shape index (κ1) is 101. The number of hydrogen-bond acceptors (Lipinski definition) is 35. The number of rotatable bonds is 24. The van der Waals surface area contributed by atoms with Crippen LogP contribution in [0.15, 0.2) is 212 Å². The molecule has 0 bridgehead atoms. The number of nitrogens with zero attached hydrogens (tertiary/aromatic N) is 20. The second kappa shape index (κ2) is 48.0. The molecular weight excluding hydrogens is 1850 g/mol. The molecule has 0 saturated carbocycles. The molecule has 17 rings (SSSR count). The van der Waals surface area contributed by atoms with Crippen LogP contribution in [0.4, 0.5) is 77.8 Å². The number of amidine groups is 6. The van der Waals surface area contributed by atoms with Crippen molar-refractivity contribution in [3.8, 4) is 0 Å². The molecule has 9 aromatic rings. The van der Waals surface area contributed by atoms with E-state index in [-0.39, 0.29) is 59.8 Å². The molecule has 3 amide bonds. The minimum Gasteiger partial charge on any atom is -0.444 e. The Bertz CT molecular complexity index is 5770. The number of nitro groups is 2. The number of benzene rings is 6. The number of nitrogens with one attached hydrogen (secondary N) is 4. The van der Waals surface area contributed by atoms with Gasteiger partial charge in [0.25, 0.3) is 17.3 Å². The largest absolute Gasteiger partial charge is 0.444 e. The van der Waals surface area contributed by atoms with Gasteiger partial charge in [0.2, 0.25) is 0 Å². The van der Waals surface area contributed by atoms with Crippen molar-refractivity contribution in [2.45, 2.75) is 85.5 Å². The number of anilines is 10. The fourth-order valence-electron chi connectivity index (χ4n) is 14.3. The van der Waals surface area contributed by atoms with Gasteiger partial charge in [0, 0.05) is 127 Å². The molecule has 0 spiro atoms. The lowest BCUT2D eigenvalue weighted by atomic mass is 10.1. The summed E-state index contributed by atoms with van der Waals surface area (Å²) in [5.74, 6) is 5.48. The number of amides is 3. The summed E-state index contributed by atoms with van der Waals surface area (Å²) in [5, 5.41) is 66.9. The van der Waals surface area contributed by atoms with E-state index < -0.39 is 16.0 Å². The number of hydrogen-bond donors (Lipinski definition) is 6. The van der Waals surface area contributed by atoms with E-state index >= 15 is 0 Å². The van der Waals surface area contributed by atoms with Gasteiger partial charge in [-0.3, -0.25) is 95.3 Å². The van der Waals surface area contributed by atoms with Crippen LogP contribution >= 0.6 is 68.8 Å². The van der Waals surface area contributed by atoms with Crippen LogP contribution in [0.2, 0.25) is 13.0 Å². The molecule has 2 fully saturated rings. The van der Waals surface area contributed by atoms with Crippen molar-refractivity contribution in [2.24, 2.45) is 30.4 Å². The molecule has 0 aliphatic carbocycles. The van der Waals surface area contributed by atoms with Gasteiger partial charge in [0.1, 0.15) is 47.2 Å². The minimum atomic E-state index is -0.705. The lowest BCUT2D eigenvalue weighted by Gasteiger charge is -2.31. The number of hydrazone groups is 4. The van der Waals surface area contributed by atoms with E-state index in [1.54, 1.807) is 70.5 Å². The SMILES string of the molecule is CC1=NCCN(c2ccc(N3C[C@H](CCC(=O)c4ccc(Cl)s4)OC3=O)cc2)N1.CC1=NCCN(c2ccc([N+](=O)[O-])cc2)N1.CC1=NN(c2ccc(N)cc2)CCN1C.CC1=NN(c2ccc(N3C[C@H](CCC(=O)c4ccc(Cl)s4)OC3=O)cc2)CCN1C.CC1=NN(c2ccc(NC[C@@H](O)CNC(=O)c3ccc(Cl)s3)cc2)CCN1C.CC1=NN(c2ccc([N+](=O)[O-])cc2)CCN1C. The summed E-state index contributed by atoms with van der Waals surface area (Å²) < 4.78 is 12.7. The van der Waals surface area contributed by atoms with Gasteiger partial charge in [0.15, 0.2) is 11.6 Å². The molecule has 135 heavy (non-hydrogen) atoms. The van der Waals surface area contributed by atoms with E-state index in [1.165, 1.54) is 58.3 Å². The van der Waals surface area contributed by atoms with E-state index in [9.17, 15) is 49.3 Å². The summed E-state index contributed by atoms with van der Waals surface area (Å²) in [4.78, 5) is 103. The maximum Gasteiger partial charge on any atom is 0.414 e. The molecule has 8 aliphatic heterocycles. The summed E-state index contributed by atoms with van der Waals surface area (Å²) in [6, 6.07) is 54.3. The number of non-ortho nitro benzene ring substituents is 2. The highest BCUT2D eigenvalue weighted by atomic mass is 35.5. The number of aliphatic imine (C=N–C) groups is 2. The highest BCUT2D eigenvalue weighted by molar-refractivity contribution is 7.18. The van der Waals surface area contributed by atoms with Crippen LogP contribution < -0.4 is 67.1 Å². The van der Waals surface area contributed by atoms with Crippen LogP contribution in [0, 0.1) is 20.2 Å². The second-order valence-electron chi connectivity index (χ2n) is 32.2. The van der Waals surface area contributed by atoms with Gasteiger partial charge >= 0.3 is 12.2 Å². The summed E-state index contributed by atoms with van der Waals surface area (Å²) in [5.41, 5.74) is 21.3. The standard InChI is InChI=1S/C21H23ClN4O3S.C20H21ClN4O3S.C19H24ClN5O2S.C11H14N4O2.C11H16N4.C10H12N4O2/c1-14-23-26(12-11-24(14)2)16-5-3-15(4-6-16)25-13-17(29-21(25)28)7-8-18(27)19-9-10-20(22)30-19;1-13-22-10-11-25(23-13)15-4-2-14(3-5-15)24-12-16(28-20(24)27)6-7-17(26)18-8-9-19(21)29-18;1-13-23-25(10-9-24(13)2)15-5-3-14(4-6-15)21-11-16(26)12-22-19(27)17-7-8-18(20)28-17;1-9-12-14(8-7-13(9)2)10-3-5-11(6-4-10)15(16)17;1-9-13-15(8-7-14(9)2)11-5-3-10(12)4-6-11;1-8-11-6-7-13(12-8)9-2-4-10(5-3-9)14(15)16/h3-6,9-10,17H,7-8,11-13H2,1-2H3;2-5,8-9,16H,6-7,10-12H2,1H3,(H,22,23);3-8,16,21,26H,9-12H2,1-2H3,(H,22,27);3-6H,7-8H2,1-2H3;3-6H,7-8,12H2,1-2H3;2-5H,6-7H2,1H3,(H,11,12)/t17-;2*16-;;;/m001.../s1. The van der Waals surface area contributed by atoms with Gasteiger partial charge in [0.05, 0.1) is 143 Å². The lowest BCUT2D eigenvalue weighted by molar-refractivity contribution is -0.385. The monoisotopic (exact) mass is 1960 g/mol. The predicted molar refractivity (Wildman–Crippen MR) is 543 cm³/mol. The molecular formula is C92H110Cl3N25O12S3. The number of Topliss-reactive ketones (excluding diaryl/α,β-unsaturated/α-hetero) is 2. The Morgan fingerprint density at radius 1 is 0.452 bits per heavy atom. The highest BCUT2D eigenvalue weighted by Crippen LogP contribution is 2.33. The molecule has 0 radical (unpaired) electrons. The van der Waals surface area contributed by atoms with E-state index in [1.807, 2.05) is 190 Å². The number of ether oxygens (including phenoxy) is 2. The Hall–Kier alpha value is -13.4. The van der Waals surface area contributed by atoms with E-state index in [0.717, 1.165) is 170 Å². The van der Waals surface area contributed by atoms with Crippen molar-refractivity contribution < 1.29 is 48.4 Å². The van der Waals surface area contributed by atoms with Crippen molar-refractivity contribution in [3.63, 3.8) is 0 Å². The number of thiophene rings is 3. The number of halogens is 3. The molecule has 37 nitrogen and oxygen atoms in total. The molecule has 8 aliphatic rings. The van der Waals surface area contributed by atoms with Crippen LogP contribution in [-0.2, 0) is 9.47 Å². The molecule has 43 heteroatoms. The topological polar surface area (TPSA) is 398 Å². The van der Waals surface area contributed by atoms with Crippen LogP contribution in [0.3, 0.4) is 0 Å². The zero-order valence-corrected chi connectivity index (χ0v) is 81.2. The third-order valence-electron chi connectivity index (χ3n) is 22.5. The highest BCUT2D eigenvalue weighted by Gasteiger charge is 2.35. The molecule has 714 valence electrons. The first-order chi connectivity index (χ1) is 64.7. The summed E-state index contributed by atoms with van der Waals surface area (Å²) in [6.07, 6.45) is -0.448. The van der Waals surface area contributed by atoms with Gasteiger partial charge in [-0.25, -0.2) is 9.59 Å². The molecule has 3 aromatic heterocycles. The van der Waals surface area contributed by atoms with Crippen LogP contribution in [0.25, 0.3) is 0 Å². The third kappa shape index (κ3) is 29.1. The Morgan fingerprint density at radius 3 is 1.10 bits per heavy atom. The lowest BCUT2D eigenvalue weighted by Crippen LogP contribution is -2.46. The number of nitro benzene ring substituents is 2. The van der Waals surface area contributed by atoms with Crippen molar-refractivity contribution >= 4 is 202 Å². The van der Waals surface area contributed by atoms with Crippen molar-refractivity contribution in [3.05, 3.63) is 230 Å². The molecule has 11 heterocycles. The predicted octanol–water partition coefficient (Wildman–Crippen LogP) is 15.7. The fourth-order valence-corrected chi connectivity index (χ4v) is 17.2. The summed E-state index contributed by atoms with van der Waals surface area (Å²) in [7, 11) is 8.11. The quantitative estimate of drug-likeness (QED) is 0.0142.